The minimum absolute atomic E-state index is 0.0279. The van der Waals surface area contributed by atoms with Crippen LogP contribution in [0.2, 0.25) is 0 Å². The van der Waals surface area contributed by atoms with Crippen molar-refractivity contribution in [3.05, 3.63) is 12.4 Å². The summed E-state index contributed by atoms with van der Waals surface area (Å²) in [5.74, 6) is 1.62. The molecular formula is C13H18ClN3O. The molecular weight excluding hydrogens is 250 g/mol. The van der Waals surface area contributed by atoms with E-state index in [1.54, 1.807) is 0 Å². The average Bonchev–Trinajstić information content (AvgIpc) is 2.81. The maximum Gasteiger partial charge on any atom is 0.0820 e. The molecule has 4 nitrogen and oxygen atoms in total. The Morgan fingerprint density at radius 2 is 2.06 bits per heavy atom. The monoisotopic (exact) mass is 267 g/mol. The predicted octanol–water partition coefficient (Wildman–Crippen LogP) is 1.98. The van der Waals surface area contributed by atoms with Gasteiger partial charge in [-0.3, -0.25) is 5.10 Å². The van der Waals surface area contributed by atoms with Gasteiger partial charge in [0.15, 0.2) is 0 Å². The van der Waals surface area contributed by atoms with E-state index in [0.717, 1.165) is 31.4 Å². The largest absolute Gasteiger partial charge is 0.388 e. The van der Waals surface area contributed by atoms with Crippen LogP contribution in [0.1, 0.15) is 25.7 Å². The molecule has 5 unspecified atom stereocenters. The summed E-state index contributed by atoms with van der Waals surface area (Å²) in [4.78, 5) is 0. The predicted molar refractivity (Wildman–Crippen MR) is 69.5 cm³/mol. The molecule has 1 aromatic rings. The molecule has 4 fully saturated rings. The van der Waals surface area contributed by atoms with Gasteiger partial charge in [0.1, 0.15) is 0 Å². The molecule has 98 valence electrons. The molecule has 1 aromatic heterocycles. The standard InChI is InChI=1S/C13H18ClN3O/c14-12-7-1-8-3-13(12,18)4-9(2-7)11(8)17-10-5-15-16-6-10/h5-9,11-12,17-18H,1-4H2,(H,15,16)/t7?,8-,9?,11?,12?,13?/m0/s1. The van der Waals surface area contributed by atoms with Crippen LogP contribution in [0.5, 0.6) is 0 Å². The fourth-order valence-electron chi connectivity index (χ4n) is 4.62. The maximum absolute atomic E-state index is 10.6. The van der Waals surface area contributed by atoms with E-state index in [1.165, 1.54) is 0 Å². The Hall–Kier alpha value is -0.740. The Bertz CT molecular complexity index is 433. The second-order valence-corrected chi connectivity index (χ2v) is 6.79. The molecule has 18 heavy (non-hydrogen) atoms. The fourth-order valence-corrected chi connectivity index (χ4v) is 5.01. The van der Waals surface area contributed by atoms with Gasteiger partial charge in [0.25, 0.3) is 0 Å². The molecule has 0 spiro atoms. The molecule has 5 rings (SSSR count). The first kappa shape index (κ1) is 11.1. The highest BCUT2D eigenvalue weighted by molar-refractivity contribution is 6.21. The van der Waals surface area contributed by atoms with Gasteiger partial charge in [0.05, 0.1) is 22.9 Å². The summed E-state index contributed by atoms with van der Waals surface area (Å²) < 4.78 is 0. The molecule has 0 amide bonds. The highest BCUT2D eigenvalue weighted by atomic mass is 35.5. The van der Waals surface area contributed by atoms with E-state index in [-0.39, 0.29) is 5.38 Å². The Kier molecular flexibility index (Phi) is 2.25. The van der Waals surface area contributed by atoms with Crippen molar-refractivity contribution in [2.24, 2.45) is 17.8 Å². The summed E-state index contributed by atoms with van der Waals surface area (Å²) in [6.07, 6.45) is 7.73. The van der Waals surface area contributed by atoms with Gasteiger partial charge in [-0.25, -0.2) is 0 Å². The van der Waals surface area contributed by atoms with Crippen LogP contribution in [-0.2, 0) is 0 Å². The normalized spacial score (nSPS) is 49.6. The van der Waals surface area contributed by atoms with Crippen molar-refractivity contribution < 1.29 is 5.11 Å². The lowest BCUT2D eigenvalue weighted by atomic mass is 9.52. The van der Waals surface area contributed by atoms with Gasteiger partial charge in [-0.05, 0) is 43.4 Å². The summed E-state index contributed by atoms with van der Waals surface area (Å²) in [5, 5.41) is 21.0. The molecule has 1 heterocycles. The van der Waals surface area contributed by atoms with Crippen LogP contribution in [0.25, 0.3) is 0 Å². The second kappa shape index (κ2) is 3.64. The van der Waals surface area contributed by atoms with Crippen molar-refractivity contribution in [3.8, 4) is 0 Å². The van der Waals surface area contributed by atoms with Gasteiger partial charge in [-0.1, -0.05) is 0 Å². The Morgan fingerprint density at radius 3 is 2.61 bits per heavy atom. The van der Waals surface area contributed by atoms with Crippen LogP contribution in [0.15, 0.2) is 12.4 Å². The van der Waals surface area contributed by atoms with E-state index in [4.69, 9.17) is 11.6 Å². The highest BCUT2D eigenvalue weighted by Crippen LogP contribution is 2.57. The molecule has 0 radical (unpaired) electrons. The molecule has 4 aliphatic rings. The topological polar surface area (TPSA) is 60.9 Å². The molecule has 5 heteroatoms. The molecule has 4 bridgehead atoms. The van der Waals surface area contributed by atoms with Crippen molar-refractivity contribution in [2.75, 3.05) is 5.32 Å². The zero-order valence-corrected chi connectivity index (χ0v) is 10.9. The summed E-state index contributed by atoms with van der Waals surface area (Å²) >= 11 is 6.42. The summed E-state index contributed by atoms with van der Waals surface area (Å²) in [7, 11) is 0. The third-order valence-corrected chi connectivity index (χ3v) is 5.98. The summed E-state index contributed by atoms with van der Waals surface area (Å²) in [6.45, 7) is 0. The molecule has 0 aromatic carbocycles. The number of hydrogen-bond donors (Lipinski definition) is 3. The van der Waals surface area contributed by atoms with Crippen LogP contribution in [0.4, 0.5) is 5.69 Å². The van der Waals surface area contributed by atoms with Gasteiger partial charge < -0.3 is 10.4 Å². The zero-order chi connectivity index (χ0) is 12.3. The van der Waals surface area contributed by atoms with Crippen molar-refractivity contribution in [1.82, 2.24) is 10.2 Å². The number of aromatic nitrogens is 2. The number of nitrogens with one attached hydrogen (secondary N) is 2. The van der Waals surface area contributed by atoms with Crippen LogP contribution in [-0.4, -0.2) is 32.3 Å². The summed E-state index contributed by atoms with van der Waals surface area (Å²) in [6, 6.07) is 0.475. The molecule has 4 saturated carbocycles. The number of nitrogens with zero attached hydrogens (tertiary/aromatic N) is 1. The number of alkyl halides is 1. The number of rotatable bonds is 2. The lowest BCUT2D eigenvalue weighted by molar-refractivity contribution is -0.125. The Balaban J connectivity index is 1.59. The maximum atomic E-state index is 10.6. The van der Waals surface area contributed by atoms with E-state index >= 15 is 0 Å². The van der Waals surface area contributed by atoms with Crippen molar-refractivity contribution in [1.29, 1.82) is 0 Å². The molecule has 0 saturated heterocycles. The third-order valence-electron chi connectivity index (χ3n) is 5.22. The minimum Gasteiger partial charge on any atom is -0.388 e. The van der Waals surface area contributed by atoms with Gasteiger partial charge >= 0.3 is 0 Å². The SMILES string of the molecule is OC12CC3CC(C[C@@H](C1)C3Nc1cn[nH]c1)C2Cl. The van der Waals surface area contributed by atoms with Crippen LogP contribution in [0, 0.1) is 17.8 Å². The number of halogens is 1. The van der Waals surface area contributed by atoms with E-state index in [2.05, 4.69) is 15.5 Å². The minimum atomic E-state index is -0.605. The highest BCUT2D eigenvalue weighted by Gasteiger charge is 2.59. The summed E-state index contributed by atoms with van der Waals surface area (Å²) in [5.41, 5.74) is 0.453. The number of aliphatic hydroxyl groups is 1. The zero-order valence-electron chi connectivity index (χ0n) is 10.1. The van der Waals surface area contributed by atoms with E-state index in [1.807, 2.05) is 12.4 Å². The molecule has 0 aliphatic heterocycles. The molecule has 6 atom stereocenters. The van der Waals surface area contributed by atoms with Crippen LogP contribution < -0.4 is 5.32 Å². The van der Waals surface area contributed by atoms with Crippen molar-refractivity contribution in [2.45, 2.75) is 42.7 Å². The lowest BCUT2D eigenvalue weighted by Gasteiger charge is -2.60. The number of anilines is 1. The van der Waals surface area contributed by atoms with Gasteiger partial charge in [0, 0.05) is 12.2 Å². The van der Waals surface area contributed by atoms with Crippen LogP contribution in [0.3, 0.4) is 0 Å². The Labute approximate surface area is 111 Å². The van der Waals surface area contributed by atoms with Crippen LogP contribution >= 0.6 is 11.6 Å². The first-order valence-corrected chi connectivity index (χ1v) is 7.21. The quantitative estimate of drug-likeness (QED) is 0.718. The first-order valence-electron chi connectivity index (χ1n) is 6.77. The van der Waals surface area contributed by atoms with Gasteiger partial charge in [-0.2, -0.15) is 5.10 Å². The number of H-pyrrole nitrogens is 1. The molecule has 3 N–H and O–H groups in total. The third kappa shape index (κ3) is 1.45. The molecule has 4 aliphatic carbocycles. The average molecular weight is 268 g/mol. The van der Waals surface area contributed by atoms with E-state index in [0.29, 0.717) is 23.8 Å². The van der Waals surface area contributed by atoms with E-state index < -0.39 is 5.60 Å². The van der Waals surface area contributed by atoms with Crippen molar-refractivity contribution in [3.63, 3.8) is 0 Å². The Morgan fingerprint density at radius 1 is 1.33 bits per heavy atom. The first-order chi connectivity index (χ1) is 8.66. The van der Waals surface area contributed by atoms with E-state index in [9.17, 15) is 5.11 Å². The fraction of sp³-hybridized carbons (Fsp3) is 0.769. The van der Waals surface area contributed by atoms with Gasteiger partial charge in [0.2, 0.25) is 0 Å². The number of aromatic amines is 1. The lowest BCUT2D eigenvalue weighted by Crippen LogP contribution is -2.64. The number of hydrogen-bond acceptors (Lipinski definition) is 3. The second-order valence-electron chi connectivity index (χ2n) is 6.32. The van der Waals surface area contributed by atoms with Gasteiger partial charge in [-0.15, -0.1) is 11.6 Å². The smallest absolute Gasteiger partial charge is 0.0820 e. The van der Waals surface area contributed by atoms with Crippen molar-refractivity contribution >= 4 is 17.3 Å².